The molecule has 0 unspecified atom stereocenters. The summed E-state index contributed by atoms with van der Waals surface area (Å²) in [6, 6.07) is 5.36. The number of hydrogen-bond donors (Lipinski definition) is 3. The molecule has 2 heterocycles. The smallest absolute Gasteiger partial charge is 0.273 e. The summed E-state index contributed by atoms with van der Waals surface area (Å²) in [6.45, 7) is 1.81. The van der Waals surface area contributed by atoms with Crippen molar-refractivity contribution < 1.29 is 9.18 Å². The zero-order valence-electron chi connectivity index (χ0n) is 18.2. The number of benzene rings is 1. The highest BCUT2D eigenvalue weighted by Crippen LogP contribution is 2.45. The first-order valence-electron chi connectivity index (χ1n) is 11.6. The molecule has 4 N–H and O–H groups in total. The van der Waals surface area contributed by atoms with Gasteiger partial charge in [0.25, 0.3) is 5.91 Å². The molecule has 0 atom stereocenters. The molecule has 1 spiro atoms. The van der Waals surface area contributed by atoms with Crippen molar-refractivity contribution in [3.63, 3.8) is 0 Å². The first-order chi connectivity index (χ1) is 15.5. The van der Waals surface area contributed by atoms with Crippen LogP contribution in [0.25, 0.3) is 0 Å². The molecule has 5 rings (SSSR count). The van der Waals surface area contributed by atoms with E-state index in [1.807, 2.05) is 12.1 Å². The predicted octanol–water partition coefficient (Wildman–Crippen LogP) is 3.98. The normalized spacial score (nSPS) is 20.2. The number of carbonyl (C=O) groups is 1. The molecule has 3 aliphatic rings. The summed E-state index contributed by atoms with van der Waals surface area (Å²) in [5, 5.41) is 14.0. The third-order valence-electron chi connectivity index (χ3n) is 7.12. The molecule has 1 aliphatic heterocycles. The fourth-order valence-electron chi connectivity index (χ4n) is 5.06. The van der Waals surface area contributed by atoms with E-state index in [-0.39, 0.29) is 23.5 Å². The predicted molar refractivity (Wildman–Crippen MR) is 122 cm³/mol. The second-order valence-corrected chi connectivity index (χ2v) is 9.45. The molecule has 170 valence electrons. The molecule has 1 aromatic carbocycles. The zero-order chi connectivity index (χ0) is 22.1. The van der Waals surface area contributed by atoms with E-state index < -0.39 is 5.91 Å². The second kappa shape index (κ2) is 8.52. The van der Waals surface area contributed by atoms with Crippen LogP contribution < -0.4 is 21.3 Å². The largest absolute Gasteiger partial charge is 0.369 e. The van der Waals surface area contributed by atoms with Crippen LogP contribution in [0.1, 0.15) is 68.3 Å². The van der Waals surface area contributed by atoms with Gasteiger partial charge in [0.2, 0.25) is 5.95 Å². The van der Waals surface area contributed by atoms with Crippen LogP contribution in [-0.4, -0.2) is 40.2 Å². The van der Waals surface area contributed by atoms with Gasteiger partial charge in [0.05, 0.1) is 5.69 Å². The Balaban J connectivity index is 1.27. The Hall–Kier alpha value is -2.97. The van der Waals surface area contributed by atoms with Crippen LogP contribution in [-0.2, 0) is 0 Å². The van der Waals surface area contributed by atoms with E-state index in [9.17, 15) is 9.18 Å². The lowest BCUT2D eigenvalue weighted by molar-refractivity contribution is 0.0995. The van der Waals surface area contributed by atoms with Gasteiger partial charge in [0, 0.05) is 24.8 Å². The minimum absolute atomic E-state index is 0.00446. The van der Waals surface area contributed by atoms with Gasteiger partial charge in [-0.2, -0.15) is 4.98 Å². The maximum atomic E-state index is 15.0. The Morgan fingerprint density at radius 1 is 1.09 bits per heavy atom. The Bertz CT molecular complexity index is 994. The van der Waals surface area contributed by atoms with Crippen LogP contribution in [0.2, 0.25) is 0 Å². The number of hydrogen-bond acceptors (Lipinski definition) is 7. The first-order valence-corrected chi connectivity index (χ1v) is 11.6. The number of nitrogens with zero attached hydrogens (tertiary/aromatic N) is 4. The van der Waals surface area contributed by atoms with E-state index >= 15 is 0 Å². The lowest BCUT2D eigenvalue weighted by Gasteiger charge is -2.45. The first kappa shape index (κ1) is 20.9. The minimum atomic E-state index is -0.688. The lowest BCUT2D eigenvalue weighted by atomic mass is 9.68. The number of nitrogens with one attached hydrogen (secondary N) is 2. The molecule has 0 radical (unpaired) electrons. The maximum absolute atomic E-state index is 15.0. The van der Waals surface area contributed by atoms with Crippen LogP contribution in [0.5, 0.6) is 0 Å². The summed E-state index contributed by atoms with van der Waals surface area (Å²) in [5.74, 6) is -0.471. The van der Waals surface area contributed by atoms with E-state index in [1.54, 1.807) is 0 Å². The van der Waals surface area contributed by atoms with Crippen molar-refractivity contribution in [1.82, 2.24) is 15.2 Å². The third kappa shape index (κ3) is 4.47. The molecule has 9 heteroatoms. The molecule has 32 heavy (non-hydrogen) atoms. The Labute approximate surface area is 187 Å². The number of aromatic nitrogens is 3. The van der Waals surface area contributed by atoms with E-state index in [0.717, 1.165) is 38.8 Å². The number of nitrogens with two attached hydrogens (primary N) is 1. The van der Waals surface area contributed by atoms with Crippen LogP contribution in [0, 0.1) is 11.2 Å². The van der Waals surface area contributed by atoms with Gasteiger partial charge in [-0.05, 0) is 62.1 Å². The average Bonchev–Trinajstić information content (AvgIpc) is 3.59. The van der Waals surface area contributed by atoms with E-state index in [2.05, 4.69) is 30.7 Å². The number of amides is 1. The van der Waals surface area contributed by atoms with Crippen molar-refractivity contribution in [1.29, 1.82) is 0 Å². The number of piperidine rings is 1. The average molecular weight is 440 g/mol. The van der Waals surface area contributed by atoms with E-state index in [4.69, 9.17) is 5.73 Å². The SMILES string of the molecule is NC(=O)c1nnc(Nc2ccc(N3CCC4(CCCCC4)CC3)c(F)c2)nc1NC1CC1. The van der Waals surface area contributed by atoms with Gasteiger partial charge in [-0.3, -0.25) is 4.79 Å². The summed E-state index contributed by atoms with van der Waals surface area (Å²) in [6.07, 6.45) is 11.0. The highest BCUT2D eigenvalue weighted by molar-refractivity contribution is 5.95. The van der Waals surface area contributed by atoms with Crippen molar-refractivity contribution >= 4 is 29.0 Å². The van der Waals surface area contributed by atoms with Gasteiger partial charge < -0.3 is 21.3 Å². The third-order valence-corrected chi connectivity index (χ3v) is 7.12. The standard InChI is InChI=1S/C23H30FN7O/c24-17-14-16(27-22-28-21(26-15-4-5-15)19(20(25)32)29-30-22)6-7-18(17)31-12-10-23(11-13-31)8-2-1-3-9-23/h6-7,14-15H,1-5,8-13H2,(H2,25,32)(H2,26,27,28,30). The molecule has 0 bridgehead atoms. The summed E-state index contributed by atoms with van der Waals surface area (Å²) in [5.41, 5.74) is 7.03. The van der Waals surface area contributed by atoms with Gasteiger partial charge in [0.1, 0.15) is 5.82 Å². The molecule has 1 amide bonds. The zero-order valence-corrected chi connectivity index (χ0v) is 18.2. The van der Waals surface area contributed by atoms with Crippen LogP contribution in [0.15, 0.2) is 18.2 Å². The lowest BCUT2D eigenvalue weighted by Crippen LogP contribution is -2.41. The van der Waals surface area contributed by atoms with Gasteiger partial charge in [-0.25, -0.2) is 4.39 Å². The number of rotatable bonds is 6. The quantitative estimate of drug-likeness (QED) is 0.625. The molecule has 2 aliphatic carbocycles. The topological polar surface area (TPSA) is 109 Å². The molecular formula is C23H30FN7O. The number of primary amides is 1. The second-order valence-electron chi connectivity index (χ2n) is 9.45. The van der Waals surface area contributed by atoms with Crippen molar-refractivity contribution in [3.05, 3.63) is 29.7 Å². The number of halogens is 1. The fourth-order valence-corrected chi connectivity index (χ4v) is 5.06. The molecule has 8 nitrogen and oxygen atoms in total. The van der Waals surface area contributed by atoms with Crippen LogP contribution in [0.4, 0.5) is 27.5 Å². The number of anilines is 4. The summed E-state index contributed by atoms with van der Waals surface area (Å²) in [4.78, 5) is 18.1. The van der Waals surface area contributed by atoms with Crippen LogP contribution in [0.3, 0.4) is 0 Å². The van der Waals surface area contributed by atoms with E-state index in [0.29, 0.717) is 22.6 Å². The van der Waals surface area contributed by atoms with E-state index in [1.165, 1.54) is 38.2 Å². The molecule has 2 aromatic rings. The van der Waals surface area contributed by atoms with Gasteiger partial charge in [-0.15, -0.1) is 10.2 Å². The maximum Gasteiger partial charge on any atom is 0.273 e. The summed E-state index contributed by atoms with van der Waals surface area (Å²) < 4.78 is 15.0. The van der Waals surface area contributed by atoms with Crippen molar-refractivity contribution in [2.24, 2.45) is 11.1 Å². The van der Waals surface area contributed by atoms with Gasteiger partial charge >= 0.3 is 0 Å². The monoisotopic (exact) mass is 439 g/mol. The van der Waals surface area contributed by atoms with Gasteiger partial charge in [-0.1, -0.05) is 19.3 Å². The summed E-state index contributed by atoms with van der Waals surface area (Å²) >= 11 is 0. The van der Waals surface area contributed by atoms with Crippen molar-refractivity contribution in [2.75, 3.05) is 28.6 Å². The highest BCUT2D eigenvalue weighted by Gasteiger charge is 2.36. The van der Waals surface area contributed by atoms with Crippen LogP contribution >= 0.6 is 0 Å². The molecule has 3 fully saturated rings. The molecule has 1 saturated heterocycles. The Morgan fingerprint density at radius 2 is 1.84 bits per heavy atom. The Kier molecular flexibility index (Phi) is 5.57. The molecule has 1 aromatic heterocycles. The molecule has 2 saturated carbocycles. The molecular weight excluding hydrogens is 409 g/mol. The Morgan fingerprint density at radius 3 is 2.50 bits per heavy atom. The fraction of sp³-hybridized carbons (Fsp3) is 0.565. The van der Waals surface area contributed by atoms with Crippen molar-refractivity contribution in [2.45, 2.75) is 63.8 Å². The van der Waals surface area contributed by atoms with Gasteiger partial charge in [0.15, 0.2) is 11.5 Å². The number of carbonyl (C=O) groups excluding carboxylic acids is 1. The summed E-state index contributed by atoms with van der Waals surface area (Å²) in [7, 11) is 0. The highest BCUT2D eigenvalue weighted by atomic mass is 19.1. The minimum Gasteiger partial charge on any atom is -0.369 e. The van der Waals surface area contributed by atoms with Crippen molar-refractivity contribution in [3.8, 4) is 0 Å².